The average Bonchev–Trinajstić information content (AvgIpc) is 2.90. The lowest BCUT2D eigenvalue weighted by molar-refractivity contribution is 0.0951. The molecule has 0 aliphatic rings. The molecule has 1 aromatic carbocycles. The molecule has 0 radical (unpaired) electrons. The lowest BCUT2D eigenvalue weighted by Gasteiger charge is -2.07. The van der Waals surface area contributed by atoms with Crippen LogP contribution in [0.2, 0.25) is 10.0 Å². The summed E-state index contributed by atoms with van der Waals surface area (Å²) in [5.41, 5.74) is 0.276. The van der Waals surface area contributed by atoms with Crippen molar-refractivity contribution in [3.63, 3.8) is 0 Å². The summed E-state index contributed by atoms with van der Waals surface area (Å²) in [5, 5.41) is 12.0. The van der Waals surface area contributed by atoms with Crippen molar-refractivity contribution in [2.75, 3.05) is 6.61 Å². The second-order valence-corrected chi connectivity index (χ2v) is 5.99. The van der Waals surface area contributed by atoms with Gasteiger partial charge >= 0.3 is 0 Å². The largest absolute Gasteiger partial charge is 0.384 e. The lowest BCUT2D eigenvalue weighted by atomic mass is 10.2. The van der Waals surface area contributed by atoms with E-state index in [4.69, 9.17) is 28.3 Å². The predicted molar refractivity (Wildman–Crippen MR) is 85.9 cm³/mol. The van der Waals surface area contributed by atoms with Crippen molar-refractivity contribution in [3.05, 3.63) is 55.7 Å². The minimum absolute atomic E-state index is 0.172. The van der Waals surface area contributed by atoms with Gasteiger partial charge in [-0.1, -0.05) is 41.1 Å². The molecule has 3 nitrogen and oxygen atoms in total. The monoisotopic (exact) mass is 339 g/mol. The van der Waals surface area contributed by atoms with Crippen LogP contribution in [0, 0.1) is 11.8 Å². The first-order valence-electron chi connectivity index (χ1n) is 6.02. The van der Waals surface area contributed by atoms with Crippen LogP contribution in [0.3, 0.4) is 0 Å². The van der Waals surface area contributed by atoms with E-state index in [1.54, 1.807) is 18.2 Å². The van der Waals surface area contributed by atoms with Gasteiger partial charge in [-0.3, -0.25) is 4.79 Å². The molecule has 1 aromatic heterocycles. The number of nitrogens with one attached hydrogen (secondary N) is 1. The zero-order chi connectivity index (χ0) is 15.2. The highest BCUT2D eigenvalue weighted by atomic mass is 35.5. The first-order chi connectivity index (χ1) is 10.1. The van der Waals surface area contributed by atoms with Crippen LogP contribution in [0.4, 0.5) is 0 Å². The molecule has 2 rings (SSSR count). The molecule has 2 aromatic rings. The Hall–Kier alpha value is -1.51. The fraction of sp³-hybridized carbons (Fsp3) is 0.133. The number of rotatable bonds is 3. The van der Waals surface area contributed by atoms with E-state index in [1.165, 1.54) is 11.3 Å². The van der Waals surface area contributed by atoms with Gasteiger partial charge < -0.3 is 10.4 Å². The molecule has 0 aliphatic heterocycles. The standard InChI is InChI=1S/C15H11Cl2NO2S/c16-12-4-1-5-13(17)14(12)15(20)18-9-11-7-6-10(21-11)3-2-8-19/h1,4-7,19H,8-9H2,(H,18,20). The van der Waals surface area contributed by atoms with Gasteiger partial charge in [-0.05, 0) is 24.3 Å². The van der Waals surface area contributed by atoms with Gasteiger partial charge in [-0.2, -0.15) is 0 Å². The van der Waals surface area contributed by atoms with Crippen molar-refractivity contribution in [2.45, 2.75) is 6.54 Å². The summed E-state index contributed by atoms with van der Waals surface area (Å²) in [7, 11) is 0. The maximum atomic E-state index is 12.1. The molecule has 0 fully saturated rings. The van der Waals surface area contributed by atoms with Crippen molar-refractivity contribution in [3.8, 4) is 11.8 Å². The Labute approximate surface area is 136 Å². The highest BCUT2D eigenvalue weighted by Crippen LogP contribution is 2.24. The molecule has 2 N–H and O–H groups in total. The second kappa shape index (κ2) is 7.48. The summed E-state index contributed by atoms with van der Waals surface area (Å²) >= 11 is 13.4. The number of carbonyl (C=O) groups is 1. The van der Waals surface area contributed by atoms with E-state index in [-0.39, 0.29) is 18.1 Å². The quantitative estimate of drug-likeness (QED) is 0.842. The van der Waals surface area contributed by atoms with E-state index in [2.05, 4.69) is 17.2 Å². The number of thiophene rings is 1. The Morgan fingerprint density at radius 1 is 1.24 bits per heavy atom. The molecule has 21 heavy (non-hydrogen) atoms. The zero-order valence-corrected chi connectivity index (χ0v) is 13.1. The zero-order valence-electron chi connectivity index (χ0n) is 10.8. The van der Waals surface area contributed by atoms with Gasteiger partial charge in [0.05, 0.1) is 27.0 Å². The Kier molecular flexibility index (Phi) is 5.66. The summed E-state index contributed by atoms with van der Waals surface area (Å²) in [6, 6.07) is 8.65. The van der Waals surface area contributed by atoms with Gasteiger partial charge in [0.25, 0.3) is 5.91 Å². The summed E-state index contributed by atoms with van der Waals surface area (Å²) in [5.74, 6) is 5.08. The third-order valence-electron chi connectivity index (χ3n) is 2.57. The van der Waals surface area contributed by atoms with Crippen LogP contribution in [0.15, 0.2) is 30.3 Å². The minimum atomic E-state index is -0.318. The Morgan fingerprint density at radius 3 is 2.62 bits per heavy atom. The van der Waals surface area contributed by atoms with Gasteiger partial charge in [-0.25, -0.2) is 0 Å². The molecule has 108 valence electrons. The highest BCUT2D eigenvalue weighted by Gasteiger charge is 2.14. The Morgan fingerprint density at radius 2 is 1.95 bits per heavy atom. The topological polar surface area (TPSA) is 49.3 Å². The van der Waals surface area contributed by atoms with E-state index >= 15 is 0 Å². The van der Waals surface area contributed by atoms with Gasteiger partial charge in [0.1, 0.15) is 6.61 Å². The summed E-state index contributed by atoms with van der Waals surface area (Å²) in [6.45, 7) is 0.195. The van der Waals surface area contributed by atoms with Crippen LogP contribution in [0.5, 0.6) is 0 Å². The number of halogens is 2. The number of hydrogen-bond donors (Lipinski definition) is 2. The van der Waals surface area contributed by atoms with Crippen LogP contribution >= 0.6 is 34.5 Å². The molecular weight excluding hydrogens is 329 g/mol. The fourth-order valence-corrected chi connectivity index (χ4v) is 3.03. The fourth-order valence-electron chi connectivity index (χ4n) is 1.64. The molecule has 1 heterocycles. The Bertz CT molecular complexity index is 696. The van der Waals surface area contributed by atoms with Crippen molar-refractivity contribution in [1.29, 1.82) is 0 Å². The molecule has 0 saturated heterocycles. The average molecular weight is 340 g/mol. The first-order valence-corrected chi connectivity index (χ1v) is 7.59. The first kappa shape index (κ1) is 15.9. The molecule has 0 bridgehead atoms. The summed E-state index contributed by atoms with van der Waals surface area (Å²) < 4.78 is 0. The van der Waals surface area contributed by atoms with E-state index < -0.39 is 0 Å². The van der Waals surface area contributed by atoms with E-state index in [0.717, 1.165) is 9.75 Å². The number of carbonyl (C=O) groups excluding carboxylic acids is 1. The van der Waals surface area contributed by atoms with Gasteiger partial charge in [0, 0.05) is 4.88 Å². The molecule has 0 atom stereocenters. The lowest BCUT2D eigenvalue weighted by Crippen LogP contribution is -2.23. The number of amides is 1. The molecule has 0 aliphatic carbocycles. The van der Waals surface area contributed by atoms with Crippen molar-refractivity contribution in [1.82, 2.24) is 5.32 Å². The molecule has 1 amide bonds. The van der Waals surface area contributed by atoms with Crippen LogP contribution < -0.4 is 5.32 Å². The third-order valence-corrected chi connectivity index (χ3v) is 4.20. The normalized spacial score (nSPS) is 9.86. The molecule has 0 saturated carbocycles. The summed E-state index contributed by atoms with van der Waals surface area (Å²) in [4.78, 5) is 13.9. The van der Waals surface area contributed by atoms with Gasteiger partial charge in [0.2, 0.25) is 0 Å². The number of aliphatic hydroxyl groups excluding tert-OH is 1. The van der Waals surface area contributed by atoms with Crippen LogP contribution in [-0.4, -0.2) is 17.6 Å². The van der Waals surface area contributed by atoms with Crippen LogP contribution in [0.25, 0.3) is 0 Å². The van der Waals surface area contributed by atoms with Gasteiger partial charge in [-0.15, -0.1) is 11.3 Å². The smallest absolute Gasteiger partial charge is 0.254 e. The second-order valence-electron chi connectivity index (χ2n) is 4.01. The van der Waals surface area contributed by atoms with Crippen molar-refractivity contribution < 1.29 is 9.90 Å². The molecular formula is C15H11Cl2NO2S. The summed E-state index contributed by atoms with van der Waals surface area (Å²) in [6.07, 6.45) is 0. The Balaban J connectivity index is 2.03. The number of benzene rings is 1. The number of hydrogen-bond acceptors (Lipinski definition) is 3. The van der Waals surface area contributed by atoms with Crippen LogP contribution in [-0.2, 0) is 6.54 Å². The third kappa shape index (κ3) is 4.23. The predicted octanol–water partition coefficient (Wildman–Crippen LogP) is 3.33. The maximum Gasteiger partial charge on any atom is 0.254 e. The van der Waals surface area contributed by atoms with E-state index in [0.29, 0.717) is 16.6 Å². The van der Waals surface area contributed by atoms with E-state index in [9.17, 15) is 4.79 Å². The SMILES string of the molecule is O=C(NCc1ccc(C#CCO)s1)c1c(Cl)cccc1Cl. The van der Waals surface area contributed by atoms with Crippen molar-refractivity contribution >= 4 is 40.4 Å². The van der Waals surface area contributed by atoms with E-state index in [1.807, 2.05) is 12.1 Å². The molecule has 0 unspecified atom stereocenters. The molecule has 6 heteroatoms. The van der Waals surface area contributed by atoms with Crippen LogP contribution in [0.1, 0.15) is 20.1 Å². The van der Waals surface area contributed by atoms with Crippen molar-refractivity contribution in [2.24, 2.45) is 0 Å². The molecule has 0 spiro atoms. The maximum absolute atomic E-state index is 12.1. The van der Waals surface area contributed by atoms with Gasteiger partial charge in [0.15, 0.2) is 0 Å². The minimum Gasteiger partial charge on any atom is -0.384 e. The highest BCUT2D eigenvalue weighted by molar-refractivity contribution is 7.12. The number of aliphatic hydroxyl groups is 1.